The molecule has 0 aromatic heterocycles. The second-order valence-electron chi connectivity index (χ2n) is 5.88. The Hall–Kier alpha value is -0.900. The summed E-state index contributed by atoms with van der Waals surface area (Å²) in [5.74, 6) is 0.631. The van der Waals surface area contributed by atoms with Gasteiger partial charge in [-0.1, -0.05) is 31.2 Å². The SMILES string of the molecule is CCOCCN(C)C1(CN)CCC(C)c2ccccc21. The molecule has 2 rings (SSSR count). The quantitative estimate of drug-likeness (QED) is 0.812. The van der Waals surface area contributed by atoms with Gasteiger partial charge in [-0.05, 0) is 43.9 Å². The summed E-state index contributed by atoms with van der Waals surface area (Å²) in [6.07, 6.45) is 2.33. The number of benzene rings is 1. The molecule has 0 spiro atoms. The van der Waals surface area contributed by atoms with Crippen LogP contribution in [0.5, 0.6) is 0 Å². The van der Waals surface area contributed by atoms with Gasteiger partial charge in [-0.15, -0.1) is 0 Å². The van der Waals surface area contributed by atoms with E-state index in [-0.39, 0.29) is 5.54 Å². The maximum absolute atomic E-state index is 6.22. The van der Waals surface area contributed by atoms with E-state index < -0.39 is 0 Å². The molecule has 0 amide bonds. The molecule has 2 N–H and O–H groups in total. The van der Waals surface area contributed by atoms with E-state index >= 15 is 0 Å². The minimum atomic E-state index is -0.0276. The molecule has 3 heteroatoms. The van der Waals surface area contributed by atoms with E-state index in [4.69, 9.17) is 10.5 Å². The Bertz CT molecular complexity index is 435. The molecule has 20 heavy (non-hydrogen) atoms. The van der Waals surface area contributed by atoms with Crippen molar-refractivity contribution in [3.05, 3.63) is 35.4 Å². The van der Waals surface area contributed by atoms with Crippen molar-refractivity contribution in [1.82, 2.24) is 4.90 Å². The summed E-state index contributed by atoms with van der Waals surface area (Å²) in [6.45, 7) is 7.49. The summed E-state index contributed by atoms with van der Waals surface area (Å²) in [5, 5.41) is 0. The first-order valence-corrected chi connectivity index (χ1v) is 7.74. The standard InChI is InChI=1S/C17H28N2O/c1-4-20-12-11-19(3)17(13-18)10-9-14(2)15-7-5-6-8-16(15)17/h5-8,14H,4,9-13,18H2,1-3H3. The molecule has 1 aromatic rings. The molecule has 1 aromatic carbocycles. The van der Waals surface area contributed by atoms with Gasteiger partial charge in [0.05, 0.1) is 12.1 Å². The lowest BCUT2D eigenvalue weighted by Gasteiger charge is -2.47. The maximum atomic E-state index is 6.22. The van der Waals surface area contributed by atoms with Crippen molar-refractivity contribution in [2.24, 2.45) is 5.73 Å². The number of hydrogen-bond donors (Lipinski definition) is 1. The van der Waals surface area contributed by atoms with Crippen molar-refractivity contribution < 1.29 is 4.74 Å². The third-order valence-corrected chi connectivity index (χ3v) is 4.83. The number of fused-ring (bicyclic) bond motifs is 1. The zero-order valence-corrected chi connectivity index (χ0v) is 13.1. The number of nitrogens with zero attached hydrogens (tertiary/aromatic N) is 1. The molecular formula is C17H28N2O. The van der Waals surface area contributed by atoms with Crippen molar-refractivity contribution in [2.45, 2.75) is 38.1 Å². The van der Waals surface area contributed by atoms with Gasteiger partial charge < -0.3 is 10.5 Å². The van der Waals surface area contributed by atoms with E-state index in [1.54, 1.807) is 0 Å². The Morgan fingerprint density at radius 1 is 1.40 bits per heavy atom. The van der Waals surface area contributed by atoms with Gasteiger partial charge in [0.1, 0.15) is 0 Å². The average Bonchev–Trinajstić information content (AvgIpc) is 2.48. The molecule has 0 saturated heterocycles. The van der Waals surface area contributed by atoms with Crippen LogP contribution in [0, 0.1) is 0 Å². The minimum absolute atomic E-state index is 0.0276. The predicted molar refractivity (Wildman–Crippen MR) is 83.9 cm³/mol. The molecule has 0 radical (unpaired) electrons. The number of ether oxygens (including phenoxy) is 1. The number of rotatable bonds is 6. The average molecular weight is 276 g/mol. The van der Waals surface area contributed by atoms with Crippen molar-refractivity contribution in [1.29, 1.82) is 0 Å². The number of likely N-dealkylation sites (N-methyl/N-ethyl adjacent to an activating group) is 1. The highest BCUT2D eigenvalue weighted by atomic mass is 16.5. The van der Waals surface area contributed by atoms with Gasteiger partial charge in [0.2, 0.25) is 0 Å². The van der Waals surface area contributed by atoms with Crippen LogP contribution in [0.3, 0.4) is 0 Å². The Balaban J connectivity index is 2.28. The zero-order valence-electron chi connectivity index (χ0n) is 13.1. The van der Waals surface area contributed by atoms with Crippen LogP contribution in [-0.4, -0.2) is 38.3 Å². The summed E-state index contributed by atoms with van der Waals surface area (Å²) in [6, 6.07) is 8.80. The smallest absolute Gasteiger partial charge is 0.0593 e. The van der Waals surface area contributed by atoms with E-state index in [1.165, 1.54) is 17.5 Å². The lowest BCUT2D eigenvalue weighted by Crippen LogP contribution is -2.52. The van der Waals surface area contributed by atoms with E-state index in [0.29, 0.717) is 12.5 Å². The van der Waals surface area contributed by atoms with E-state index in [1.807, 2.05) is 6.92 Å². The highest BCUT2D eigenvalue weighted by molar-refractivity contribution is 5.39. The topological polar surface area (TPSA) is 38.5 Å². The molecule has 1 aliphatic carbocycles. The molecule has 2 unspecified atom stereocenters. The van der Waals surface area contributed by atoms with Crippen LogP contribution in [0.15, 0.2) is 24.3 Å². The summed E-state index contributed by atoms with van der Waals surface area (Å²) < 4.78 is 5.51. The van der Waals surface area contributed by atoms with Gasteiger partial charge in [0, 0.05) is 19.7 Å². The molecule has 0 saturated carbocycles. The second kappa shape index (κ2) is 6.70. The first kappa shape index (κ1) is 15.5. The lowest BCUT2D eigenvalue weighted by molar-refractivity contribution is 0.0538. The van der Waals surface area contributed by atoms with Gasteiger partial charge in [0.15, 0.2) is 0 Å². The Morgan fingerprint density at radius 3 is 2.85 bits per heavy atom. The van der Waals surface area contributed by atoms with Crippen LogP contribution in [0.4, 0.5) is 0 Å². The molecule has 1 aliphatic rings. The summed E-state index contributed by atoms with van der Waals surface area (Å²) in [4.78, 5) is 2.40. The van der Waals surface area contributed by atoms with Crippen LogP contribution in [0.2, 0.25) is 0 Å². The summed E-state index contributed by atoms with van der Waals surface area (Å²) >= 11 is 0. The van der Waals surface area contributed by atoms with Crippen LogP contribution < -0.4 is 5.73 Å². The molecule has 0 bridgehead atoms. The van der Waals surface area contributed by atoms with Crippen LogP contribution in [0.1, 0.15) is 43.7 Å². The van der Waals surface area contributed by atoms with Crippen LogP contribution >= 0.6 is 0 Å². The lowest BCUT2D eigenvalue weighted by atomic mass is 9.71. The third kappa shape index (κ3) is 2.76. The Kier molecular flexibility index (Phi) is 5.19. The van der Waals surface area contributed by atoms with Crippen LogP contribution in [0.25, 0.3) is 0 Å². The van der Waals surface area contributed by atoms with Gasteiger partial charge in [-0.2, -0.15) is 0 Å². The van der Waals surface area contributed by atoms with E-state index in [9.17, 15) is 0 Å². The van der Waals surface area contributed by atoms with Gasteiger partial charge in [-0.3, -0.25) is 4.90 Å². The molecule has 0 aliphatic heterocycles. The van der Waals surface area contributed by atoms with Gasteiger partial charge >= 0.3 is 0 Å². The molecule has 112 valence electrons. The van der Waals surface area contributed by atoms with E-state index in [0.717, 1.165) is 26.2 Å². The molecule has 2 atom stereocenters. The van der Waals surface area contributed by atoms with E-state index in [2.05, 4.69) is 43.1 Å². The molecule has 0 fully saturated rings. The van der Waals surface area contributed by atoms with Crippen LogP contribution in [-0.2, 0) is 10.3 Å². The van der Waals surface area contributed by atoms with Crippen molar-refractivity contribution in [2.75, 3.05) is 33.4 Å². The fourth-order valence-electron chi connectivity index (χ4n) is 3.42. The first-order chi connectivity index (χ1) is 9.65. The number of hydrogen-bond acceptors (Lipinski definition) is 3. The Labute approximate surface area is 123 Å². The first-order valence-electron chi connectivity index (χ1n) is 7.74. The Morgan fingerprint density at radius 2 is 2.15 bits per heavy atom. The van der Waals surface area contributed by atoms with Crippen molar-refractivity contribution in [3.63, 3.8) is 0 Å². The monoisotopic (exact) mass is 276 g/mol. The predicted octanol–water partition coefficient (Wildman–Crippen LogP) is 2.71. The van der Waals surface area contributed by atoms with Gasteiger partial charge in [-0.25, -0.2) is 0 Å². The zero-order chi connectivity index (χ0) is 14.6. The third-order valence-electron chi connectivity index (χ3n) is 4.83. The van der Waals surface area contributed by atoms with Gasteiger partial charge in [0.25, 0.3) is 0 Å². The normalized spacial score (nSPS) is 25.8. The summed E-state index contributed by atoms with van der Waals surface area (Å²) in [5.41, 5.74) is 9.08. The fourth-order valence-corrected chi connectivity index (χ4v) is 3.42. The molecule has 3 nitrogen and oxygen atoms in total. The van der Waals surface area contributed by atoms with Crippen molar-refractivity contribution >= 4 is 0 Å². The molecule has 0 heterocycles. The number of nitrogens with two attached hydrogens (primary N) is 1. The summed E-state index contributed by atoms with van der Waals surface area (Å²) in [7, 11) is 2.18. The minimum Gasteiger partial charge on any atom is -0.380 e. The fraction of sp³-hybridized carbons (Fsp3) is 0.647. The highest BCUT2D eigenvalue weighted by Gasteiger charge is 2.40. The second-order valence-corrected chi connectivity index (χ2v) is 5.88. The maximum Gasteiger partial charge on any atom is 0.0593 e. The molecular weight excluding hydrogens is 248 g/mol. The largest absolute Gasteiger partial charge is 0.380 e. The highest BCUT2D eigenvalue weighted by Crippen LogP contribution is 2.43. The van der Waals surface area contributed by atoms with Crippen molar-refractivity contribution in [3.8, 4) is 0 Å².